The van der Waals surface area contributed by atoms with Crippen LogP contribution >= 0.6 is 0 Å². The molecule has 2 unspecified atom stereocenters. The Kier molecular flexibility index (Phi) is 58.7. The number of carboxylic acid groups (broad SMARTS) is 1. The summed E-state index contributed by atoms with van der Waals surface area (Å²) in [6.07, 6.45) is 72.7. The number of hydrogen-bond donors (Lipinski definition) is 1. The molecule has 0 saturated heterocycles. The zero-order chi connectivity index (χ0) is 56.9. The van der Waals surface area contributed by atoms with Gasteiger partial charge in [-0.3, -0.25) is 9.59 Å². The molecular weight excluding hydrogens is 971 g/mol. The first kappa shape index (κ1) is 75.5. The van der Waals surface area contributed by atoms with E-state index in [0.29, 0.717) is 17.4 Å². The average molecular weight is 1100 g/mol. The van der Waals surface area contributed by atoms with E-state index < -0.39 is 18.4 Å². The smallest absolute Gasteiger partial charge is 0.361 e. The molecule has 78 heavy (non-hydrogen) atoms. The molecule has 0 heterocycles. The highest BCUT2D eigenvalue weighted by atomic mass is 16.7. The largest absolute Gasteiger partial charge is 0.477 e. The van der Waals surface area contributed by atoms with Crippen molar-refractivity contribution in [1.82, 2.24) is 0 Å². The molecule has 9 nitrogen and oxygen atoms in total. The molecule has 0 radical (unpaired) electrons. The minimum Gasteiger partial charge on any atom is -0.477 e. The lowest BCUT2D eigenvalue weighted by atomic mass is 10.0. The van der Waals surface area contributed by atoms with Gasteiger partial charge < -0.3 is 28.5 Å². The molecule has 0 aliphatic heterocycles. The molecule has 0 saturated carbocycles. The molecule has 0 fully saturated rings. The molecule has 458 valence electrons. The van der Waals surface area contributed by atoms with Crippen LogP contribution in [-0.4, -0.2) is 87.4 Å². The van der Waals surface area contributed by atoms with E-state index in [-0.39, 0.29) is 38.2 Å². The van der Waals surface area contributed by atoms with Crippen molar-refractivity contribution in [1.29, 1.82) is 0 Å². The van der Waals surface area contributed by atoms with Crippen LogP contribution in [0.15, 0.2) is 36.5 Å². The maximum Gasteiger partial charge on any atom is 0.361 e. The van der Waals surface area contributed by atoms with Gasteiger partial charge in [0.2, 0.25) is 0 Å². The Bertz CT molecular complexity index is 1370. The van der Waals surface area contributed by atoms with Crippen molar-refractivity contribution in [3.8, 4) is 0 Å². The first-order valence-corrected chi connectivity index (χ1v) is 33.7. The molecule has 1 N–H and O–H groups in total. The summed E-state index contributed by atoms with van der Waals surface area (Å²) in [6.45, 7) is 4.90. The van der Waals surface area contributed by atoms with E-state index in [1.165, 1.54) is 244 Å². The number of carbonyl (C=O) groups excluding carboxylic acids is 2. The molecule has 9 heteroatoms. The predicted molar refractivity (Wildman–Crippen MR) is 332 cm³/mol. The van der Waals surface area contributed by atoms with Gasteiger partial charge in [-0.1, -0.05) is 281 Å². The Hall–Kier alpha value is -2.49. The summed E-state index contributed by atoms with van der Waals surface area (Å²) in [5.41, 5.74) is 0. The summed E-state index contributed by atoms with van der Waals surface area (Å²) in [5.74, 6) is -1.99. The normalized spacial score (nSPS) is 12.9. The van der Waals surface area contributed by atoms with Crippen molar-refractivity contribution in [2.24, 2.45) is 0 Å². The second-order valence-electron chi connectivity index (χ2n) is 24.1. The molecule has 0 spiro atoms. The molecule has 0 aromatic rings. The molecule has 0 aliphatic carbocycles. The number of unbranched alkanes of at least 4 members (excludes halogenated alkanes) is 42. The molecule has 0 aromatic carbocycles. The third-order valence-electron chi connectivity index (χ3n) is 15.1. The fourth-order valence-electron chi connectivity index (χ4n) is 9.92. The number of aliphatic carboxylic acids is 1. The summed E-state index contributed by atoms with van der Waals surface area (Å²) in [5, 5.41) is 9.72. The van der Waals surface area contributed by atoms with Gasteiger partial charge in [0.15, 0.2) is 6.10 Å². The van der Waals surface area contributed by atoms with Crippen LogP contribution in [0, 0.1) is 0 Å². The highest BCUT2D eigenvalue weighted by molar-refractivity contribution is 5.71. The van der Waals surface area contributed by atoms with E-state index in [1.54, 1.807) is 0 Å². The van der Waals surface area contributed by atoms with Crippen LogP contribution in [0.4, 0.5) is 0 Å². The first-order chi connectivity index (χ1) is 38.1. The quantitative estimate of drug-likeness (QED) is 0.0211. The SMILES string of the molecule is CCCCCCC/C=C\C/C=C\CCCCCCCCCCCCCCCCCCCCCCCCCCCC(=O)OC(COC(=O)CCCCCCC/C=C\CCCCCCCCC)COC(OCC[N+](C)(C)C)C(=O)O. The second kappa shape index (κ2) is 60.6. The van der Waals surface area contributed by atoms with Gasteiger partial charge in [0, 0.05) is 12.8 Å². The average Bonchev–Trinajstić information content (AvgIpc) is 3.41. The number of rotatable bonds is 63. The Morgan fingerprint density at radius 1 is 0.385 bits per heavy atom. The molecule has 0 aromatic heterocycles. The molecule has 0 aliphatic rings. The van der Waals surface area contributed by atoms with E-state index in [4.69, 9.17) is 18.9 Å². The summed E-state index contributed by atoms with van der Waals surface area (Å²) in [7, 11) is 5.98. The zero-order valence-electron chi connectivity index (χ0n) is 52.3. The molecule has 2 atom stereocenters. The van der Waals surface area contributed by atoms with Gasteiger partial charge in [0.25, 0.3) is 6.29 Å². The fourth-order valence-corrected chi connectivity index (χ4v) is 9.92. The lowest BCUT2D eigenvalue weighted by molar-refractivity contribution is -0.870. The lowest BCUT2D eigenvalue weighted by Gasteiger charge is -2.25. The van der Waals surface area contributed by atoms with Crippen LogP contribution in [0.1, 0.15) is 328 Å². The summed E-state index contributed by atoms with van der Waals surface area (Å²) in [6, 6.07) is 0. The third-order valence-corrected chi connectivity index (χ3v) is 15.1. The van der Waals surface area contributed by atoms with E-state index in [0.717, 1.165) is 57.8 Å². The lowest BCUT2D eigenvalue weighted by Crippen LogP contribution is -2.40. The highest BCUT2D eigenvalue weighted by Gasteiger charge is 2.25. The summed E-state index contributed by atoms with van der Waals surface area (Å²) in [4.78, 5) is 37.5. The van der Waals surface area contributed by atoms with Gasteiger partial charge >= 0.3 is 17.9 Å². The second-order valence-corrected chi connectivity index (χ2v) is 24.1. The number of quaternary nitrogens is 1. The zero-order valence-corrected chi connectivity index (χ0v) is 52.3. The fraction of sp³-hybridized carbons (Fsp3) is 0.870. The molecule has 0 bridgehead atoms. The number of nitrogens with zero attached hydrogens (tertiary/aromatic N) is 1. The van der Waals surface area contributed by atoms with Crippen molar-refractivity contribution >= 4 is 17.9 Å². The topological polar surface area (TPSA) is 108 Å². The van der Waals surface area contributed by atoms with Crippen molar-refractivity contribution < 1.29 is 42.9 Å². The molecule has 0 rings (SSSR count). The van der Waals surface area contributed by atoms with Crippen molar-refractivity contribution in [2.75, 3.05) is 47.5 Å². The summed E-state index contributed by atoms with van der Waals surface area (Å²) < 4.78 is 22.9. The third kappa shape index (κ3) is 61.1. The number of ether oxygens (including phenoxy) is 4. The minimum absolute atomic E-state index is 0.182. The number of likely N-dealkylation sites (N-methyl/N-ethyl adjacent to an activating group) is 1. The van der Waals surface area contributed by atoms with E-state index >= 15 is 0 Å². The number of carbonyl (C=O) groups is 3. The Morgan fingerprint density at radius 2 is 0.692 bits per heavy atom. The Balaban J connectivity index is 3.98. The van der Waals surface area contributed by atoms with E-state index in [9.17, 15) is 19.5 Å². The van der Waals surface area contributed by atoms with Gasteiger partial charge in [-0.25, -0.2) is 4.79 Å². The van der Waals surface area contributed by atoms with Crippen LogP contribution in [0.3, 0.4) is 0 Å². The molecular formula is C69H130NO8+. The van der Waals surface area contributed by atoms with Crippen LogP contribution in [-0.2, 0) is 33.3 Å². The van der Waals surface area contributed by atoms with Gasteiger partial charge in [-0.2, -0.15) is 0 Å². The summed E-state index contributed by atoms with van der Waals surface area (Å²) >= 11 is 0. The van der Waals surface area contributed by atoms with Gasteiger partial charge in [-0.05, 0) is 70.6 Å². The Labute approximate surface area is 483 Å². The van der Waals surface area contributed by atoms with Gasteiger partial charge in [-0.15, -0.1) is 0 Å². The monoisotopic (exact) mass is 1100 g/mol. The Morgan fingerprint density at radius 3 is 1.03 bits per heavy atom. The van der Waals surface area contributed by atoms with Crippen LogP contribution < -0.4 is 0 Å². The first-order valence-electron chi connectivity index (χ1n) is 33.7. The maximum absolute atomic E-state index is 12.9. The van der Waals surface area contributed by atoms with Crippen LogP contribution in [0.5, 0.6) is 0 Å². The van der Waals surface area contributed by atoms with E-state index in [2.05, 4.69) is 50.3 Å². The maximum atomic E-state index is 12.9. The highest BCUT2D eigenvalue weighted by Crippen LogP contribution is 2.18. The molecule has 0 amide bonds. The van der Waals surface area contributed by atoms with Crippen LogP contribution in [0.2, 0.25) is 0 Å². The number of allylic oxidation sites excluding steroid dienone is 6. The minimum atomic E-state index is -1.51. The van der Waals surface area contributed by atoms with Crippen molar-refractivity contribution in [3.63, 3.8) is 0 Å². The van der Waals surface area contributed by atoms with Gasteiger partial charge in [0.05, 0.1) is 34.4 Å². The standard InChI is InChI=1S/C69H129NO8/c1-6-8-10-12-14-16-18-20-22-24-25-26-27-28-29-30-31-32-33-34-35-36-37-38-39-40-41-42-43-44-46-48-50-52-54-56-58-60-67(72)78-65(64-77-69(68(73)74)75-62-61-70(3,4)5)63-76-66(71)59-57-55-53-51-49-47-45-23-21-19-17-15-13-11-9-7-2/h18,20,23-25,45,65,69H,6-17,19,21-22,26-44,46-64H2,1-5H3/p+1/b20-18-,25-24-,45-23-. The van der Waals surface area contributed by atoms with Crippen molar-refractivity contribution in [3.05, 3.63) is 36.5 Å². The number of esters is 2. The number of hydrogen-bond acceptors (Lipinski definition) is 7. The van der Waals surface area contributed by atoms with E-state index in [1.807, 2.05) is 21.1 Å². The predicted octanol–water partition coefficient (Wildman–Crippen LogP) is 20.4. The van der Waals surface area contributed by atoms with Gasteiger partial charge in [0.1, 0.15) is 13.2 Å². The van der Waals surface area contributed by atoms with Crippen molar-refractivity contribution in [2.45, 2.75) is 341 Å². The van der Waals surface area contributed by atoms with Crippen LogP contribution in [0.25, 0.3) is 0 Å². The number of carboxylic acids is 1.